The molecule has 5 heteroatoms. The first-order valence-corrected chi connectivity index (χ1v) is 8.35. The van der Waals surface area contributed by atoms with Crippen LogP contribution in [0.4, 0.5) is 0 Å². The average molecular weight is 325 g/mol. The van der Waals surface area contributed by atoms with Crippen LogP contribution in [0.25, 0.3) is 0 Å². The number of carbonyl (C=O) groups excluding carboxylic acids is 2. The van der Waals surface area contributed by atoms with Gasteiger partial charge in [-0.05, 0) is 55.7 Å². The molecule has 5 nitrogen and oxygen atoms in total. The molecule has 2 heterocycles. The lowest BCUT2D eigenvalue weighted by atomic mass is 10.1. The maximum atomic E-state index is 12.7. The lowest BCUT2D eigenvalue weighted by Gasteiger charge is -2.22. The number of carbonyl (C=O) groups is 2. The first-order chi connectivity index (χ1) is 11.6. The van der Waals surface area contributed by atoms with Crippen molar-refractivity contribution < 1.29 is 9.59 Å². The summed E-state index contributed by atoms with van der Waals surface area (Å²) in [5.74, 6) is 0.0488. The fraction of sp³-hybridized carbons (Fsp3) is 0.368. The average Bonchev–Trinajstić information content (AvgIpc) is 3.00. The number of aromatic nitrogens is 1. The van der Waals surface area contributed by atoms with Gasteiger partial charge in [0.25, 0.3) is 11.8 Å². The summed E-state index contributed by atoms with van der Waals surface area (Å²) >= 11 is 0. The Morgan fingerprint density at radius 1 is 0.917 bits per heavy atom. The van der Waals surface area contributed by atoms with Gasteiger partial charge in [0.2, 0.25) is 0 Å². The number of benzene rings is 1. The van der Waals surface area contributed by atoms with Gasteiger partial charge in [0.15, 0.2) is 0 Å². The molecular weight excluding hydrogens is 302 g/mol. The minimum Gasteiger partial charge on any atom is -0.357 e. The Hall–Kier alpha value is -2.56. The third-order valence-electron chi connectivity index (χ3n) is 4.65. The number of aryl methyl sites for hydroxylation is 2. The zero-order valence-electron chi connectivity index (χ0n) is 14.2. The van der Waals surface area contributed by atoms with Crippen LogP contribution in [0.2, 0.25) is 0 Å². The van der Waals surface area contributed by atoms with Crippen LogP contribution in [0.1, 0.15) is 38.4 Å². The Kier molecular flexibility index (Phi) is 4.69. The van der Waals surface area contributed by atoms with Crippen molar-refractivity contribution in [3.05, 3.63) is 58.9 Å². The van der Waals surface area contributed by atoms with Gasteiger partial charge in [-0.2, -0.15) is 0 Å². The Morgan fingerprint density at radius 3 is 2.25 bits per heavy atom. The maximum Gasteiger partial charge on any atom is 0.270 e. The van der Waals surface area contributed by atoms with E-state index in [9.17, 15) is 9.59 Å². The van der Waals surface area contributed by atoms with Crippen molar-refractivity contribution in [2.75, 3.05) is 26.2 Å². The summed E-state index contributed by atoms with van der Waals surface area (Å²) < 4.78 is 0. The van der Waals surface area contributed by atoms with Crippen molar-refractivity contribution in [2.45, 2.75) is 20.3 Å². The van der Waals surface area contributed by atoms with E-state index in [1.54, 1.807) is 12.3 Å². The summed E-state index contributed by atoms with van der Waals surface area (Å²) in [6.45, 7) is 6.55. The second-order valence-electron chi connectivity index (χ2n) is 6.32. The quantitative estimate of drug-likeness (QED) is 0.923. The zero-order valence-corrected chi connectivity index (χ0v) is 14.2. The number of hydrogen-bond donors (Lipinski definition) is 1. The van der Waals surface area contributed by atoms with E-state index in [1.807, 2.05) is 47.9 Å². The van der Waals surface area contributed by atoms with Crippen LogP contribution in [0.3, 0.4) is 0 Å². The van der Waals surface area contributed by atoms with Gasteiger partial charge in [-0.1, -0.05) is 6.07 Å². The van der Waals surface area contributed by atoms with Gasteiger partial charge >= 0.3 is 0 Å². The molecule has 0 atom stereocenters. The molecule has 126 valence electrons. The van der Waals surface area contributed by atoms with Crippen LogP contribution in [0, 0.1) is 13.8 Å². The summed E-state index contributed by atoms with van der Waals surface area (Å²) in [5, 5.41) is 0. The van der Waals surface area contributed by atoms with Gasteiger partial charge in [-0.15, -0.1) is 0 Å². The van der Waals surface area contributed by atoms with Gasteiger partial charge in [0.05, 0.1) is 0 Å². The Balaban J connectivity index is 1.67. The van der Waals surface area contributed by atoms with Crippen LogP contribution in [0.15, 0.2) is 36.5 Å². The van der Waals surface area contributed by atoms with Crippen molar-refractivity contribution in [1.82, 2.24) is 14.8 Å². The van der Waals surface area contributed by atoms with E-state index in [2.05, 4.69) is 4.98 Å². The van der Waals surface area contributed by atoms with E-state index in [0.717, 1.165) is 17.5 Å². The molecule has 24 heavy (non-hydrogen) atoms. The summed E-state index contributed by atoms with van der Waals surface area (Å²) in [7, 11) is 0. The van der Waals surface area contributed by atoms with Crippen LogP contribution in [-0.4, -0.2) is 52.8 Å². The number of H-pyrrole nitrogens is 1. The van der Waals surface area contributed by atoms with Crippen LogP contribution in [0.5, 0.6) is 0 Å². The zero-order chi connectivity index (χ0) is 17.1. The van der Waals surface area contributed by atoms with E-state index in [1.165, 1.54) is 5.56 Å². The van der Waals surface area contributed by atoms with E-state index < -0.39 is 0 Å². The summed E-state index contributed by atoms with van der Waals surface area (Å²) in [6.07, 6.45) is 2.55. The molecule has 1 aromatic heterocycles. The van der Waals surface area contributed by atoms with E-state index in [0.29, 0.717) is 31.9 Å². The molecule has 0 bridgehead atoms. The Bertz CT molecular complexity index is 737. The summed E-state index contributed by atoms with van der Waals surface area (Å²) in [4.78, 5) is 31.8. The number of nitrogens with one attached hydrogen (secondary N) is 1. The smallest absolute Gasteiger partial charge is 0.270 e. The van der Waals surface area contributed by atoms with Gasteiger partial charge in [-0.25, -0.2) is 0 Å². The molecule has 1 aromatic carbocycles. The third kappa shape index (κ3) is 3.35. The number of hydrogen-bond acceptors (Lipinski definition) is 2. The number of rotatable bonds is 2. The highest BCUT2D eigenvalue weighted by Gasteiger charge is 2.24. The molecule has 0 spiro atoms. The standard InChI is InChI=1S/C19H23N3O2/c1-14-6-7-16(13-15(14)2)18(23)21-9-4-10-22(12-11-21)19(24)17-5-3-8-20-17/h3,5-8,13,20H,4,9-12H2,1-2H3. The van der Waals surface area contributed by atoms with Crippen LogP contribution in [-0.2, 0) is 0 Å². The van der Waals surface area contributed by atoms with Crippen molar-refractivity contribution in [2.24, 2.45) is 0 Å². The minimum atomic E-state index is 0.000444. The molecule has 0 unspecified atom stereocenters. The Morgan fingerprint density at radius 2 is 1.62 bits per heavy atom. The van der Waals surface area contributed by atoms with E-state index in [-0.39, 0.29) is 11.8 Å². The highest BCUT2D eigenvalue weighted by Crippen LogP contribution is 2.14. The van der Waals surface area contributed by atoms with Gasteiger partial charge in [0, 0.05) is 37.9 Å². The molecule has 1 fully saturated rings. The molecule has 1 N–H and O–H groups in total. The van der Waals surface area contributed by atoms with Crippen molar-refractivity contribution in [3.8, 4) is 0 Å². The van der Waals surface area contributed by atoms with Crippen LogP contribution >= 0.6 is 0 Å². The van der Waals surface area contributed by atoms with Crippen molar-refractivity contribution in [3.63, 3.8) is 0 Å². The number of nitrogens with zero attached hydrogens (tertiary/aromatic N) is 2. The van der Waals surface area contributed by atoms with Crippen molar-refractivity contribution >= 4 is 11.8 Å². The molecule has 1 aliphatic heterocycles. The fourth-order valence-electron chi connectivity index (χ4n) is 3.01. The van der Waals surface area contributed by atoms with Gasteiger partial charge < -0.3 is 14.8 Å². The summed E-state index contributed by atoms with van der Waals surface area (Å²) in [5.41, 5.74) is 3.63. The second kappa shape index (κ2) is 6.91. The highest BCUT2D eigenvalue weighted by atomic mass is 16.2. The van der Waals surface area contributed by atoms with E-state index in [4.69, 9.17) is 0 Å². The van der Waals surface area contributed by atoms with Gasteiger partial charge in [-0.3, -0.25) is 9.59 Å². The predicted molar refractivity (Wildman–Crippen MR) is 93.1 cm³/mol. The predicted octanol–water partition coefficient (Wildman–Crippen LogP) is 2.62. The summed E-state index contributed by atoms with van der Waals surface area (Å²) in [6, 6.07) is 9.43. The SMILES string of the molecule is Cc1ccc(C(=O)N2CCCN(C(=O)c3ccc[nH]3)CC2)cc1C. The molecule has 3 rings (SSSR count). The molecule has 1 aliphatic rings. The topological polar surface area (TPSA) is 56.4 Å². The first kappa shape index (κ1) is 16.3. The molecule has 2 amide bonds. The lowest BCUT2D eigenvalue weighted by molar-refractivity contribution is 0.0716. The highest BCUT2D eigenvalue weighted by molar-refractivity contribution is 5.95. The van der Waals surface area contributed by atoms with Crippen molar-refractivity contribution in [1.29, 1.82) is 0 Å². The monoisotopic (exact) mass is 325 g/mol. The third-order valence-corrected chi connectivity index (χ3v) is 4.65. The van der Waals surface area contributed by atoms with Gasteiger partial charge in [0.1, 0.15) is 5.69 Å². The Labute approximate surface area is 142 Å². The first-order valence-electron chi connectivity index (χ1n) is 8.35. The molecule has 1 saturated heterocycles. The lowest BCUT2D eigenvalue weighted by Crippen LogP contribution is -2.37. The fourth-order valence-corrected chi connectivity index (χ4v) is 3.01. The molecular formula is C19H23N3O2. The largest absolute Gasteiger partial charge is 0.357 e. The van der Waals surface area contributed by atoms with E-state index >= 15 is 0 Å². The number of aromatic amines is 1. The minimum absolute atomic E-state index is 0.000444. The second-order valence-corrected chi connectivity index (χ2v) is 6.32. The molecule has 0 saturated carbocycles. The normalized spacial score (nSPS) is 15.2. The molecule has 0 radical (unpaired) electrons. The maximum absolute atomic E-state index is 12.7. The number of amides is 2. The molecule has 2 aromatic rings. The van der Waals surface area contributed by atoms with Crippen LogP contribution < -0.4 is 0 Å². The molecule has 0 aliphatic carbocycles.